The average molecular weight is 328 g/mol. The molecule has 7 heteroatoms. The molecule has 124 valence electrons. The molecule has 24 heavy (non-hydrogen) atoms. The summed E-state index contributed by atoms with van der Waals surface area (Å²) in [5, 5.41) is 14.0. The number of nitrogens with one attached hydrogen (secondary N) is 1. The van der Waals surface area contributed by atoms with Crippen LogP contribution in [0.4, 0.5) is 11.4 Å². The van der Waals surface area contributed by atoms with Crippen LogP contribution in [-0.4, -0.2) is 24.0 Å². The summed E-state index contributed by atoms with van der Waals surface area (Å²) in [7, 11) is 0. The largest absolute Gasteiger partial charge is 0.486 e. The summed E-state index contributed by atoms with van der Waals surface area (Å²) in [5.41, 5.74) is 2.17. The van der Waals surface area contributed by atoms with E-state index < -0.39 is 10.8 Å². The number of rotatable bonds is 3. The smallest absolute Gasteiger partial charge is 0.286 e. The van der Waals surface area contributed by atoms with Gasteiger partial charge in [0.25, 0.3) is 11.6 Å². The number of hydrogen-bond acceptors (Lipinski definition) is 5. The second-order valence-electron chi connectivity index (χ2n) is 5.54. The number of anilines is 1. The summed E-state index contributed by atoms with van der Waals surface area (Å²) in [6.45, 7) is 4.46. The highest BCUT2D eigenvalue weighted by molar-refractivity contribution is 6.08. The van der Waals surface area contributed by atoms with Crippen LogP contribution in [0.5, 0.6) is 11.5 Å². The van der Waals surface area contributed by atoms with Crippen LogP contribution in [0.2, 0.25) is 0 Å². The normalized spacial score (nSPS) is 12.6. The van der Waals surface area contributed by atoms with E-state index in [1.165, 1.54) is 12.1 Å². The van der Waals surface area contributed by atoms with E-state index in [0.717, 1.165) is 11.1 Å². The summed E-state index contributed by atoms with van der Waals surface area (Å²) < 4.78 is 10.7. The first-order valence-corrected chi connectivity index (χ1v) is 7.42. The van der Waals surface area contributed by atoms with Crippen LogP contribution in [0, 0.1) is 24.0 Å². The molecular formula is C17H16N2O5. The first kappa shape index (κ1) is 15.8. The lowest BCUT2D eigenvalue weighted by molar-refractivity contribution is -0.385. The summed E-state index contributed by atoms with van der Waals surface area (Å²) in [5.74, 6) is 0.0410. The summed E-state index contributed by atoms with van der Waals surface area (Å²) >= 11 is 0. The Morgan fingerprint density at radius 1 is 1.12 bits per heavy atom. The van der Waals surface area contributed by atoms with Crippen molar-refractivity contribution in [2.75, 3.05) is 18.5 Å². The van der Waals surface area contributed by atoms with Gasteiger partial charge in [-0.15, -0.1) is 0 Å². The first-order chi connectivity index (χ1) is 11.5. The van der Waals surface area contributed by atoms with Gasteiger partial charge in [0.1, 0.15) is 18.8 Å². The molecule has 0 unspecified atom stereocenters. The van der Waals surface area contributed by atoms with Crippen LogP contribution < -0.4 is 14.8 Å². The SMILES string of the molecule is Cc1ccc(NC(=O)c2cc3c(cc2[N+](=O)[O-])OCCO3)c(C)c1. The Kier molecular flexibility index (Phi) is 4.07. The summed E-state index contributed by atoms with van der Waals surface area (Å²) in [4.78, 5) is 23.3. The van der Waals surface area contributed by atoms with Crippen LogP contribution in [0.3, 0.4) is 0 Å². The molecular weight excluding hydrogens is 312 g/mol. The third-order valence-corrected chi connectivity index (χ3v) is 3.73. The highest BCUT2D eigenvalue weighted by Gasteiger charge is 2.26. The minimum absolute atomic E-state index is 0.0655. The van der Waals surface area contributed by atoms with Crippen LogP contribution in [0.15, 0.2) is 30.3 Å². The van der Waals surface area contributed by atoms with Gasteiger partial charge < -0.3 is 14.8 Å². The number of hydrogen-bond donors (Lipinski definition) is 1. The fraction of sp³-hybridized carbons (Fsp3) is 0.235. The zero-order valence-electron chi connectivity index (χ0n) is 13.3. The molecule has 0 aliphatic carbocycles. The van der Waals surface area contributed by atoms with Crippen molar-refractivity contribution in [3.05, 3.63) is 57.1 Å². The third kappa shape index (κ3) is 3.01. The molecule has 1 aliphatic heterocycles. The van der Waals surface area contributed by atoms with Crippen LogP contribution in [0.1, 0.15) is 21.5 Å². The molecule has 0 fully saturated rings. The fourth-order valence-corrected chi connectivity index (χ4v) is 2.55. The number of nitro groups is 1. The van der Waals surface area contributed by atoms with Crippen molar-refractivity contribution in [3.8, 4) is 11.5 Å². The van der Waals surface area contributed by atoms with Crippen molar-refractivity contribution in [2.45, 2.75) is 13.8 Å². The van der Waals surface area contributed by atoms with Crippen LogP contribution in [0.25, 0.3) is 0 Å². The zero-order chi connectivity index (χ0) is 17.3. The molecule has 0 radical (unpaired) electrons. The van der Waals surface area contributed by atoms with Gasteiger partial charge in [-0.25, -0.2) is 0 Å². The second kappa shape index (κ2) is 6.19. The Morgan fingerprint density at radius 2 is 1.79 bits per heavy atom. The van der Waals surface area contributed by atoms with Crippen LogP contribution >= 0.6 is 0 Å². The number of carbonyl (C=O) groups excluding carboxylic acids is 1. The fourth-order valence-electron chi connectivity index (χ4n) is 2.55. The maximum atomic E-state index is 12.6. The Balaban J connectivity index is 1.97. The molecule has 0 atom stereocenters. The molecule has 1 N–H and O–H groups in total. The molecule has 3 rings (SSSR count). The van der Waals surface area contributed by atoms with Gasteiger partial charge in [0.15, 0.2) is 11.5 Å². The predicted molar refractivity (Wildman–Crippen MR) is 88.0 cm³/mol. The maximum absolute atomic E-state index is 12.6. The van der Waals surface area contributed by atoms with Gasteiger partial charge in [0, 0.05) is 11.8 Å². The van der Waals surface area contributed by atoms with Gasteiger partial charge in [-0.1, -0.05) is 17.7 Å². The van der Waals surface area contributed by atoms with Crippen molar-refractivity contribution in [2.24, 2.45) is 0 Å². The molecule has 0 aromatic heterocycles. The molecule has 0 spiro atoms. The summed E-state index contributed by atoms with van der Waals surface area (Å²) in [6.07, 6.45) is 0. The molecule has 0 saturated carbocycles. The van der Waals surface area contributed by atoms with Crippen molar-refractivity contribution in [1.29, 1.82) is 0 Å². The molecule has 2 aromatic carbocycles. The van der Waals surface area contributed by atoms with Gasteiger partial charge in [-0.05, 0) is 25.5 Å². The van der Waals surface area contributed by atoms with Crippen molar-refractivity contribution >= 4 is 17.3 Å². The Hall–Kier alpha value is -3.09. The highest BCUT2D eigenvalue weighted by Crippen LogP contribution is 2.37. The Morgan fingerprint density at radius 3 is 2.42 bits per heavy atom. The van der Waals surface area contributed by atoms with Crippen molar-refractivity contribution < 1.29 is 19.2 Å². The van der Waals surface area contributed by atoms with Gasteiger partial charge in [0.05, 0.1) is 11.0 Å². The van der Waals surface area contributed by atoms with Crippen molar-refractivity contribution in [3.63, 3.8) is 0 Å². The number of aryl methyl sites for hydroxylation is 2. The number of fused-ring (bicyclic) bond motifs is 1. The van der Waals surface area contributed by atoms with E-state index in [0.29, 0.717) is 24.7 Å². The number of nitro benzene ring substituents is 1. The lowest BCUT2D eigenvalue weighted by Gasteiger charge is -2.19. The second-order valence-corrected chi connectivity index (χ2v) is 5.54. The predicted octanol–water partition coefficient (Wildman–Crippen LogP) is 3.24. The van der Waals surface area contributed by atoms with Crippen molar-refractivity contribution in [1.82, 2.24) is 0 Å². The Bertz CT molecular complexity index is 832. The first-order valence-electron chi connectivity index (χ1n) is 7.42. The number of amides is 1. The van der Waals surface area contributed by atoms with E-state index in [1.807, 2.05) is 26.0 Å². The number of benzene rings is 2. The van der Waals surface area contributed by atoms with E-state index in [1.54, 1.807) is 6.07 Å². The molecule has 1 heterocycles. The maximum Gasteiger partial charge on any atom is 0.286 e. The van der Waals surface area contributed by atoms with Crippen LogP contribution in [-0.2, 0) is 0 Å². The standard InChI is InChI=1S/C17H16N2O5/c1-10-3-4-13(11(2)7-10)18-17(20)12-8-15-16(24-6-5-23-15)9-14(12)19(21)22/h3-4,7-9H,5-6H2,1-2H3,(H,18,20). The minimum Gasteiger partial charge on any atom is -0.486 e. The highest BCUT2D eigenvalue weighted by atomic mass is 16.6. The molecule has 7 nitrogen and oxygen atoms in total. The molecule has 0 bridgehead atoms. The number of carbonyl (C=O) groups is 1. The number of nitrogens with zero attached hydrogens (tertiary/aromatic N) is 1. The van der Waals surface area contributed by atoms with Gasteiger partial charge in [-0.2, -0.15) is 0 Å². The van der Waals surface area contributed by atoms with E-state index >= 15 is 0 Å². The van der Waals surface area contributed by atoms with E-state index in [2.05, 4.69) is 5.32 Å². The van der Waals surface area contributed by atoms with E-state index in [4.69, 9.17) is 9.47 Å². The molecule has 1 amide bonds. The van der Waals surface area contributed by atoms with Gasteiger partial charge >= 0.3 is 0 Å². The third-order valence-electron chi connectivity index (χ3n) is 3.73. The van der Waals surface area contributed by atoms with E-state index in [-0.39, 0.29) is 17.0 Å². The number of ether oxygens (including phenoxy) is 2. The van der Waals surface area contributed by atoms with Gasteiger partial charge in [0.2, 0.25) is 0 Å². The molecule has 2 aromatic rings. The average Bonchev–Trinajstić information content (AvgIpc) is 2.56. The van der Waals surface area contributed by atoms with E-state index in [9.17, 15) is 14.9 Å². The lowest BCUT2D eigenvalue weighted by atomic mass is 10.1. The minimum atomic E-state index is -0.602. The molecule has 0 saturated heterocycles. The lowest BCUT2D eigenvalue weighted by Crippen LogP contribution is -2.19. The molecule has 1 aliphatic rings. The Labute approximate surface area is 138 Å². The zero-order valence-corrected chi connectivity index (χ0v) is 13.3. The summed E-state index contributed by atoms with van der Waals surface area (Å²) in [6, 6.07) is 8.14. The monoisotopic (exact) mass is 328 g/mol. The topological polar surface area (TPSA) is 90.7 Å². The quantitative estimate of drug-likeness (QED) is 0.690. The van der Waals surface area contributed by atoms with Gasteiger partial charge in [-0.3, -0.25) is 14.9 Å².